The summed E-state index contributed by atoms with van der Waals surface area (Å²) in [7, 11) is 0. The van der Waals surface area contributed by atoms with E-state index >= 15 is 0 Å². The molecule has 1 fully saturated rings. The summed E-state index contributed by atoms with van der Waals surface area (Å²) < 4.78 is 5.39. The van der Waals surface area contributed by atoms with Crippen LogP contribution in [0, 0.1) is 10.1 Å². The molecule has 2 N–H and O–H groups in total. The van der Waals surface area contributed by atoms with Gasteiger partial charge in [0.15, 0.2) is 5.75 Å². The zero-order valence-electron chi connectivity index (χ0n) is 11.5. The summed E-state index contributed by atoms with van der Waals surface area (Å²) in [6.07, 6.45) is 2.33. The average Bonchev–Trinajstić information content (AvgIpc) is 3.26. The first-order valence-electron chi connectivity index (χ1n) is 6.91. The zero-order valence-corrected chi connectivity index (χ0v) is 11.5. The van der Waals surface area contributed by atoms with Crippen LogP contribution in [0.3, 0.4) is 0 Å². The van der Waals surface area contributed by atoms with E-state index in [2.05, 4.69) is 5.32 Å². The number of rotatable bonds is 8. The third-order valence-electron chi connectivity index (χ3n) is 3.30. The monoisotopic (exact) mass is 280 g/mol. The molecule has 1 saturated carbocycles. The van der Waals surface area contributed by atoms with Gasteiger partial charge in [0.25, 0.3) is 0 Å². The molecule has 6 heteroatoms. The summed E-state index contributed by atoms with van der Waals surface area (Å²) in [5.74, 6) is 0.220. The highest BCUT2D eigenvalue weighted by atomic mass is 16.6. The minimum absolute atomic E-state index is 0.0662. The number of benzene rings is 1. The van der Waals surface area contributed by atoms with Crippen LogP contribution >= 0.6 is 0 Å². The first-order valence-corrected chi connectivity index (χ1v) is 6.91. The quantitative estimate of drug-likeness (QED) is 0.562. The zero-order chi connectivity index (χ0) is 14.5. The van der Waals surface area contributed by atoms with Gasteiger partial charge in [-0.3, -0.25) is 10.1 Å². The van der Waals surface area contributed by atoms with Crippen LogP contribution in [0.4, 0.5) is 5.69 Å². The average molecular weight is 280 g/mol. The number of hydrogen-bond acceptors (Lipinski definition) is 5. The van der Waals surface area contributed by atoms with Crippen LogP contribution in [0.15, 0.2) is 18.2 Å². The van der Waals surface area contributed by atoms with Crippen molar-refractivity contribution in [2.75, 3.05) is 6.61 Å². The maximum absolute atomic E-state index is 11.0. The molecule has 0 aliphatic heterocycles. The number of nitro groups is 1. The van der Waals surface area contributed by atoms with E-state index in [9.17, 15) is 15.2 Å². The van der Waals surface area contributed by atoms with Crippen molar-refractivity contribution < 1.29 is 14.8 Å². The summed E-state index contributed by atoms with van der Waals surface area (Å²) in [6, 6.07) is 5.45. The molecule has 1 unspecified atom stereocenters. The Hall–Kier alpha value is -1.66. The van der Waals surface area contributed by atoms with Crippen LogP contribution in [0.25, 0.3) is 0 Å². The lowest BCUT2D eigenvalue weighted by atomic mass is 10.2. The van der Waals surface area contributed by atoms with Gasteiger partial charge in [0.05, 0.1) is 11.0 Å². The Morgan fingerprint density at radius 2 is 2.30 bits per heavy atom. The van der Waals surface area contributed by atoms with E-state index in [1.54, 1.807) is 12.1 Å². The second kappa shape index (κ2) is 6.67. The van der Waals surface area contributed by atoms with Crippen LogP contribution in [0.5, 0.6) is 5.75 Å². The number of nitrogens with one attached hydrogen (secondary N) is 1. The van der Waals surface area contributed by atoms with E-state index in [-0.39, 0.29) is 18.0 Å². The Morgan fingerprint density at radius 1 is 1.55 bits per heavy atom. The van der Waals surface area contributed by atoms with Gasteiger partial charge >= 0.3 is 5.69 Å². The largest absolute Gasteiger partial charge is 0.484 e. The van der Waals surface area contributed by atoms with E-state index in [4.69, 9.17) is 4.74 Å². The summed E-state index contributed by atoms with van der Waals surface area (Å²) in [4.78, 5) is 10.5. The molecule has 0 bridgehead atoms. The van der Waals surface area contributed by atoms with Gasteiger partial charge in [-0.2, -0.15) is 0 Å². The molecule has 1 atom stereocenters. The van der Waals surface area contributed by atoms with Crippen molar-refractivity contribution in [2.24, 2.45) is 0 Å². The molecule has 1 aromatic carbocycles. The molecule has 0 heterocycles. The predicted molar refractivity (Wildman–Crippen MR) is 74.8 cm³/mol. The van der Waals surface area contributed by atoms with Gasteiger partial charge in [0, 0.05) is 18.7 Å². The number of aliphatic hydroxyl groups excluding tert-OH is 1. The van der Waals surface area contributed by atoms with Crippen molar-refractivity contribution in [3.63, 3.8) is 0 Å². The SMILES string of the molecule is CCC(O)COc1cc(CNC2CC2)ccc1[N+](=O)[O-]. The van der Waals surface area contributed by atoms with Gasteiger partial charge in [-0.1, -0.05) is 13.0 Å². The molecule has 6 nitrogen and oxygen atoms in total. The van der Waals surface area contributed by atoms with E-state index in [1.165, 1.54) is 18.9 Å². The molecule has 0 amide bonds. The summed E-state index contributed by atoms with van der Waals surface area (Å²) in [5, 5.41) is 23.8. The molecular formula is C14H20N2O4. The van der Waals surface area contributed by atoms with Gasteiger partial charge in [-0.05, 0) is 30.9 Å². The van der Waals surface area contributed by atoms with E-state index in [0.29, 0.717) is 19.0 Å². The molecule has 0 radical (unpaired) electrons. The highest BCUT2D eigenvalue weighted by Gasteiger charge is 2.21. The van der Waals surface area contributed by atoms with Crippen LogP contribution < -0.4 is 10.1 Å². The third kappa shape index (κ3) is 4.18. The molecule has 0 saturated heterocycles. The molecule has 1 aromatic rings. The fourth-order valence-electron chi connectivity index (χ4n) is 1.79. The van der Waals surface area contributed by atoms with Crippen molar-refractivity contribution in [2.45, 2.75) is 44.9 Å². The number of ether oxygens (including phenoxy) is 1. The Bertz CT molecular complexity index is 474. The van der Waals surface area contributed by atoms with Crippen LogP contribution in [-0.4, -0.2) is 28.8 Å². The molecule has 110 valence electrons. The fourth-order valence-corrected chi connectivity index (χ4v) is 1.79. The highest BCUT2D eigenvalue weighted by molar-refractivity contribution is 5.48. The first-order chi connectivity index (χ1) is 9.60. The molecule has 20 heavy (non-hydrogen) atoms. The standard InChI is InChI=1S/C14H20N2O4/c1-2-12(17)9-20-14-7-10(8-15-11-4-5-11)3-6-13(14)16(18)19/h3,6-7,11-12,15,17H,2,4-5,8-9H2,1H3. The number of aliphatic hydroxyl groups is 1. The molecule has 1 aliphatic carbocycles. The highest BCUT2D eigenvalue weighted by Crippen LogP contribution is 2.28. The molecule has 0 aromatic heterocycles. The van der Waals surface area contributed by atoms with Crippen molar-refractivity contribution in [1.29, 1.82) is 0 Å². The first kappa shape index (κ1) is 14.7. The lowest BCUT2D eigenvalue weighted by molar-refractivity contribution is -0.385. The predicted octanol–water partition coefficient (Wildman–Crippen LogP) is 2.00. The van der Waals surface area contributed by atoms with Crippen molar-refractivity contribution >= 4 is 5.69 Å². The Labute approximate surface area is 117 Å². The second-order valence-corrected chi connectivity index (χ2v) is 5.09. The fraction of sp³-hybridized carbons (Fsp3) is 0.571. The molecule has 2 rings (SSSR count). The summed E-state index contributed by atoms with van der Waals surface area (Å²) in [6.45, 7) is 2.57. The summed E-state index contributed by atoms with van der Waals surface area (Å²) in [5.41, 5.74) is 0.881. The smallest absolute Gasteiger partial charge is 0.310 e. The minimum atomic E-state index is -0.608. The third-order valence-corrected chi connectivity index (χ3v) is 3.30. The van der Waals surface area contributed by atoms with Crippen molar-refractivity contribution in [1.82, 2.24) is 5.32 Å². The minimum Gasteiger partial charge on any atom is -0.484 e. The summed E-state index contributed by atoms with van der Waals surface area (Å²) >= 11 is 0. The Kier molecular flexibility index (Phi) is 4.92. The van der Waals surface area contributed by atoms with Crippen LogP contribution in [0.2, 0.25) is 0 Å². The molecular weight excluding hydrogens is 260 g/mol. The second-order valence-electron chi connectivity index (χ2n) is 5.09. The lowest BCUT2D eigenvalue weighted by Gasteiger charge is -2.12. The van der Waals surface area contributed by atoms with Gasteiger partial charge < -0.3 is 15.2 Å². The van der Waals surface area contributed by atoms with E-state index in [0.717, 1.165) is 5.56 Å². The maximum Gasteiger partial charge on any atom is 0.310 e. The van der Waals surface area contributed by atoms with Crippen LogP contribution in [-0.2, 0) is 6.54 Å². The molecule has 1 aliphatic rings. The van der Waals surface area contributed by atoms with E-state index < -0.39 is 11.0 Å². The van der Waals surface area contributed by atoms with Gasteiger partial charge in [-0.25, -0.2) is 0 Å². The molecule has 0 spiro atoms. The van der Waals surface area contributed by atoms with Gasteiger partial charge in [-0.15, -0.1) is 0 Å². The Balaban J connectivity index is 2.06. The van der Waals surface area contributed by atoms with E-state index in [1.807, 2.05) is 6.92 Å². The van der Waals surface area contributed by atoms with Gasteiger partial charge in [0.2, 0.25) is 0 Å². The normalized spacial score (nSPS) is 15.9. The van der Waals surface area contributed by atoms with Crippen molar-refractivity contribution in [3.05, 3.63) is 33.9 Å². The number of nitro benzene ring substituents is 1. The van der Waals surface area contributed by atoms with Gasteiger partial charge in [0.1, 0.15) is 6.61 Å². The maximum atomic E-state index is 11.0. The topological polar surface area (TPSA) is 84.6 Å². The van der Waals surface area contributed by atoms with Crippen molar-refractivity contribution in [3.8, 4) is 5.75 Å². The number of nitrogens with zero attached hydrogens (tertiary/aromatic N) is 1. The number of hydrogen-bond donors (Lipinski definition) is 2. The Morgan fingerprint density at radius 3 is 2.90 bits per heavy atom. The lowest BCUT2D eigenvalue weighted by Crippen LogP contribution is -2.17. The van der Waals surface area contributed by atoms with Crippen LogP contribution in [0.1, 0.15) is 31.7 Å².